The molecule has 19 heavy (non-hydrogen) atoms. The van der Waals surface area contributed by atoms with E-state index in [1.165, 1.54) is 0 Å². The Morgan fingerprint density at radius 2 is 2.16 bits per heavy atom. The van der Waals surface area contributed by atoms with Crippen molar-refractivity contribution in [2.45, 2.75) is 26.8 Å². The first-order chi connectivity index (χ1) is 8.86. The third-order valence-electron chi connectivity index (χ3n) is 2.22. The number of carbonyl (C=O) groups excluding carboxylic acids is 1. The van der Waals surface area contributed by atoms with E-state index >= 15 is 0 Å². The van der Waals surface area contributed by atoms with Crippen LogP contribution in [0.4, 0.5) is 15.8 Å². The molecular weight excluding hydrogens is 255 g/mol. The average molecular weight is 270 g/mol. The van der Waals surface area contributed by atoms with Gasteiger partial charge in [-0.2, -0.15) is 0 Å². The number of nitro groups is 1. The van der Waals surface area contributed by atoms with Gasteiger partial charge < -0.3 is 10.1 Å². The number of carbonyl (C=O) groups is 1. The molecule has 0 unspecified atom stereocenters. The fraction of sp³-hybridized carbons (Fsp3) is 0.417. The lowest BCUT2D eigenvalue weighted by molar-refractivity contribution is -0.384. The second-order valence-electron chi connectivity index (χ2n) is 4.13. The van der Waals surface area contributed by atoms with E-state index in [0.29, 0.717) is 0 Å². The third-order valence-corrected chi connectivity index (χ3v) is 2.22. The van der Waals surface area contributed by atoms with Crippen LogP contribution >= 0.6 is 0 Å². The zero-order chi connectivity index (χ0) is 14.6. The summed E-state index contributed by atoms with van der Waals surface area (Å²) in [6, 6.07) is 1.72. The molecule has 6 nitrogen and oxygen atoms in total. The Labute approximate surface area is 109 Å². The predicted molar refractivity (Wildman–Crippen MR) is 67.8 cm³/mol. The highest BCUT2D eigenvalue weighted by Gasteiger charge is 2.22. The second-order valence-corrected chi connectivity index (χ2v) is 4.13. The minimum atomic E-state index is -0.973. The number of hydrogen-bond donors (Lipinski definition) is 1. The second kappa shape index (κ2) is 6.12. The van der Waals surface area contributed by atoms with Crippen LogP contribution in [0.15, 0.2) is 12.1 Å². The van der Waals surface area contributed by atoms with Crippen LogP contribution in [0.2, 0.25) is 0 Å². The molecule has 0 saturated carbocycles. The highest BCUT2D eigenvalue weighted by molar-refractivity contribution is 5.92. The molecule has 0 atom stereocenters. The van der Waals surface area contributed by atoms with Crippen molar-refractivity contribution in [3.63, 3.8) is 0 Å². The fourth-order valence-electron chi connectivity index (χ4n) is 1.51. The lowest BCUT2D eigenvalue weighted by atomic mass is 10.1. The zero-order valence-electron chi connectivity index (χ0n) is 10.9. The van der Waals surface area contributed by atoms with Crippen LogP contribution in [0.3, 0.4) is 0 Å². The van der Waals surface area contributed by atoms with Gasteiger partial charge >= 0.3 is 5.97 Å². The number of halogens is 1. The fourth-order valence-corrected chi connectivity index (χ4v) is 1.51. The van der Waals surface area contributed by atoms with Gasteiger partial charge in [0.25, 0.3) is 5.69 Å². The standard InChI is InChI=1S/C12H15FN2O4/c1-4-19-12(16)8-5-10(14-7(2)3)11(15(17)18)6-9(8)13/h5-7,14H,4H2,1-3H3. The molecule has 0 amide bonds. The van der Waals surface area contributed by atoms with Crippen LogP contribution in [0.5, 0.6) is 0 Å². The van der Waals surface area contributed by atoms with E-state index < -0.39 is 22.4 Å². The van der Waals surface area contributed by atoms with Crippen molar-refractivity contribution in [2.24, 2.45) is 0 Å². The molecule has 1 aromatic rings. The van der Waals surface area contributed by atoms with Gasteiger partial charge in [-0.25, -0.2) is 9.18 Å². The normalized spacial score (nSPS) is 10.4. The quantitative estimate of drug-likeness (QED) is 0.505. The molecule has 0 aliphatic heterocycles. The van der Waals surface area contributed by atoms with E-state index in [-0.39, 0.29) is 23.9 Å². The minimum absolute atomic E-state index is 0.0875. The number of benzene rings is 1. The summed E-state index contributed by atoms with van der Waals surface area (Å²) in [5.41, 5.74) is -0.653. The predicted octanol–water partition coefficient (Wildman–Crippen LogP) is 2.73. The molecule has 0 aliphatic rings. The van der Waals surface area contributed by atoms with Gasteiger partial charge in [-0.3, -0.25) is 10.1 Å². The van der Waals surface area contributed by atoms with Gasteiger partial charge in [-0.15, -0.1) is 0 Å². The molecule has 0 saturated heterocycles. The van der Waals surface area contributed by atoms with Gasteiger partial charge in [0.05, 0.1) is 23.2 Å². The summed E-state index contributed by atoms with van der Waals surface area (Å²) >= 11 is 0. The smallest absolute Gasteiger partial charge is 0.341 e. The maximum Gasteiger partial charge on any atom is 0.341 e. The summed E-state index contributed by atoms with van der Waals surface area (Å²) in [4.78, 5) is 21.7. The van der Waals surface area contributed by atoms with Crippen molar-refractivity contribution < 1.29 is 18.8 Å². The summed E-state index contributed by atoms with van der Waals surface area (Å²) in [5, 5.41) is 13.6. The van der Waals surface area contributed by atoms with Gasteiger partial charge in [-0.05, 0) is 26.8 Å². The molecule has 0 aliphatic carbocycles. The van der Waals surface area contributed by atoms with Gasteiger partial charge in [0.1, 0.15) is 11.5 Å². The highest BCUT2D eigenvalue weighted by atomic mass is 19.1. The summed E-state index contributed by atoms with van der Waals surface area (Å²) < 4.78 is 18.4. The van der Waals surface area contributed by atoms with Crippen molar-refractivity contribution in [3.05, 3.63) is 33.6 Å². The summed E-state index contributed by atoms with van der Waals surface area (Å²) in [7, 11) is 0. The number of esters is 1. The van der Waals surface area contributed by atoms with Crippen molar-refractivity contribution in [2.75, 3.05) is 11.9 Å². The van der Waals surface area contributed by atoms with E-state index in [0.717, 1.165) is 12.1 Å². The van der Waals surface area contributed by atoms with Crippen LogP contribution in [0.25, 0.3) is 0 Å². The van der Waals surface area contributed by atoms with E-state index in [2.05, 4.69) is 5.32 Å². The van der Waals surface area contributed by atoms with E-state index in [4.69, 9.17) is 4.74 Å². The summed E-state index contributed by atoms with van der Waals surface area (Å²) in [6.45, 7) is 5.24. The maximum atomic E-state index is 13.7. The molecule has 0 spiro atoms. The Morgan fingerprint density at radius 1 is 1.53 bits per heavy atom. The van der Waals surface area contributed by atoms with Crippen molar-refractivity contribution >= 4 is 17.3 Å². The Hall–Kier alpha value is -2.18. The molecule has 0 radical (unpaired) electrons. The minimum Gasteiger partial charge on any atom is -0.462 e. The Kier molecular flexibility index (Phi) is 4.80. The molecule has 0 heterocycles. The molecule has 0 bridgehead atoms. The zero-order valence-corrected chi connectivity index (χ0v) is 10.9. The molecule has 1 aromatic carbocycles. The molecule has 0 aromatic heterocycles. The van der Waals surface area contributed by atoms with Gasteiger partial charge in [0.15, 0.2) is 0 Å². The van der Waals surface area contributed by atoms with E-state index in [9.17, 15) is 19.3 Å². The van der Waals surface area contributed by atoms with Gasteiger partial charge in [0, 0.05) is 6.04 Å². The number of anilines is 1. The topological polar surface area (TPSA) is 81.5 Å². The van der Waals surface area contributed by atoms with Gasteiger partial charge in [-0.1, -0.05) is 0 Å². The number of rotatable bonds is 5. The Morgan fingerprint density at radius 3 is 2.63 bits per heavy atom. The lowest BCUT2D eigenvalue weighted by Gasteiger charge is -2.12. The maximum absolute atomic E-state index is 13.7. The van der Waals surface area contributed by atoms with Crippen LogP contribution < -0.4 is 5.32 Å². The van der Waals surface area contributed by atoms with E-state index in [1.54, 1.807) is 20.8 Å². The monoisotopic (exact) mass is 270 g/mol. The largest absolute Gasteiger partial charge is 0.462 e. The average Bonchev–Trinajstić information content (AvgIpc) is 2.30. The Bertz CT molecular complexity index is 503. The molecular formula is C12H15FN2O4. The van der Waals surface area contributed by atoms with Crippen LogP contribution in [0.1, 0.15) is 31.1 Å². The lowest BCUT2D eigenvalue weighted by Crippen LogP contribution is -2.14. The molecule has 104 valence electrons. The third kappa shape index (κ3) is 3.64. The molecule has 7 heteroatoms. The SMILES string of the molecule is CCOC(=O)c1cc(NC(C)C)c([N+](=O)[O-])cc1F. The van der Waals surface area contributed by atoms with Crippen molar-refractivity contribution in [1.29, 1.82) is 0 Å². The number of hydrogen-bond acceptors (Lipinski definition) is 5. The number of nitro benzene ring substituents is 1. The molecule has 1 N–H and O–H groups in total. The first-order valence-electron chi connectivity index (χ1n) is 5.78. The highest BCUT2D eigenvalue weighted by Crippen LogP contribution is 2.28. The summed E-state index contributed by atoms with van der Waals surface area (Å²) in [5.74, 6) is -1.82. The van der Waals surface area contributed by atoms with Gasteiger partial charge in [0.2, 0.25) is 0 Å². The number of nitrogens with one attached hydrogen (secondary N) is 1. The van der Waals surface area contributed by atoms with Crippen molar-refractivity contribution in [1.82, 2.24) is 0 Å². The first kappa shape index (κ1) is 14.9. The number of ether oxygens (including phenoxy) is 1. The molecule has 0 fully saturated rings. The molecule has 1 rings (SSSR count). The van der Waals surface area contributed by atoms with Crippen LogP contribution in [-0.4, -0.2) is 23.5 Å². The number of nitrogens with zero attached hydrogens (tertiary/aromatic N) is 1. The van der Waals surface area contributed by atoms with Crippen molar-refractivity contribution in [3.8, 4) is 0 Å². The van der Waals surface area contributed by atoms with Crippen LogP contribution in [0, 0.1) is 15.9 Å². The summed E-state index contributed by atoms with van der Waals surface area (Å²) in [6.07, 6.45) is 0. The van der Waals surface area contributed by atoms with E-state index in [1.807, 2.05) is 0 Å². The van der Waals surface area contributed by atoms with Crippen LogP contribution in [-0.2, 0) is 4.74 Å². The first-order valence-corrected chi connectivity index (χ1v) is 5.78. The Balaban J connectivity index is 3.29.